The van der Waals surface area contributed by atoms with Crippen molar-refractivity contribution in [1.29, 1.82) is 0 Å². The number of rotatable bonds is 5. The quantitative estimate of drug-likeness (QED) is 0.849. The lowest BCUT2D eigenvalue weighted by Gasteiger charge is -2.39. The van der Waals surface area contributed by atoms with E-state index in [1.165, 1.54) is 0 Å². The maximum Gasteiger partial charge on any atom is 0.236 e. The van der Waals surface area contributed by atoms with Crippen LogP contribution in [0.4, 0.5) is 0 Å². The second kappa shape index (κ2) is 7.32. The van der Waals surface area contributed by atoms with Crippen molar-refractivity contribution < 1.29 is 4.79 Å². The number of likely N-dealkylation sites (tertiary alicyclic amines) is 1. The lowest BCUT2D eigenvalue weighted by molar-refractivity contribution is -0.132. The van der Waals surface area contributed by atoms with Gasteiger partial charge in [0.15, 0.2) is 0 Å². The molecule has 1 aliphatic heterocycles. The molecule has 0 radical (unpaired) electrons. The summed E-state index contributed by atoms with van der Waals surface area (Å²) in [6.45, 7) is 5.82. The summed E-state index contributed by atoms with van der Waals surface area (Å²) >= 11 is 1.67. The fraction of sp³-hybridized carbons (Fsp3) is 0.588. The van der Waals surface area contributed by atoms with Crippen LogP contribution >= 0.6 is 11.8 Å². The van der Waals surface area contributed by atoms with Crippen molar-refractivity contribution in [1.82, 2.24) is 4.90 Å². The largest absolute Gasteiger partial charge is 0.342 e. The molecule has 116 valence electrons. The number of nitrogens with two attached hydrogens (primary N) is 1. The number of thioether (sulfide) groups is 1. The van der Waals surface area contributed by atoms with Crippen molar-refractivity contribution in [3.05, 3.63) is 30.3 Å². The molecule has 0 spiro atoms. The SMILES string of the molecule is CCC(Sc1ccccc1)C(=O)N1CCC(N)(CC)CC1. The van der Waals surface area contributed by atoms with Crippen molar-refractivity contribution in [3.8, 4) is 0 Å². The summed E-state index contributed by atoms with van der Waals surface area (Å²) in [5, 5.41) is 0.0132. The minimum absolute atomic E-state index is 0.0132. The molecule has 1 unspecified atom stereocenters. The van der Waals surface area contributed by atoms with Gasteiger partial charge in [0.25, 0.3) is 0 Å². The average molecular weight is 306 g/mol. The number of piperidine rings is 1. The summed E-state index contributed by atoms with van der Waals surface area (Å²) in [4.78, 5) is 15.9. The van der Waals surface area contributed by atoms with Crippen molar-refractivity contribution in [2.75, 3.05) is 13.1 Å². The first-order valence-corrected chi connectivity index (χ1v) is 8.75. The van der Waals surface area contributed by atoms with E-state index in [0.29, 0.717) is 0 Å². The highest BCUT2D eigenvalue weighted by Gasteiger charge is 2.33. The van der Waals surface area contributed by atoms with E-state index in [0.717, 1.165) is 43.7 Å². The Morgan fingerprint density at radius 3 is 2.43 bits per heavy atom. The first-order valence-electron chi connectivity index (χ1n) is 7.87. The van der Waals surface area contributed by atoms with Gasteiger partial charge < -0.3 is 10.6 Å². The van der Waals surface area contributed by atoms with Crippen LogP contribution in [0.15, 0.2) is 35.2 Å². The fourth-order valence-corrected chi connectivity index (χ4v) is 3.76. The average Bonchev–Trinajstić information content (AvgIpc) is 2.54. The van der Waals surface area contributed by atoms with Crippen molar-refractivity contribution >= 4 is 17.7 Å². The standard InChI is InChI=1S/C17H26N2OS/c1-3-15(21-14-8-6-5-7-9-14)16(20)19-12-10-17(18,4-2)11-13-19/h5-9,15H,3-4,10-13,18H2,1-2H3. The Kier molecular flexibility index (Phi) is 5.71. The molecule has 1 saturated heterocycles. The third-order valence-electron chi connectivity index (χ3n) is 4.44. The molecule has 2 rings (SSSR count). The number of benzene rings is 1. The van der Waals surface area contributed by atoms with Crippen LogP contribution in [-0.2, 0) is 4.79 Å². The van der Waals surface area contributed by atoms with Gasteiger partial charge in [-0.3, -0.25) is 4.79 Å². The van der Waals surface area contributed by atoms with Gasteiger partial charge >= 0.3 is 0 Å². The van der Waals surface area contributed by atoms with Crippen LogP contribution in [0, 0.1) is 0 Å². The van der Waals surface area contributed by atoms with E-state index in [9.17, 15) is 4.79 Å². The molecule has 1 atom stereocenters. The van der Waals surface area contributed by atoms with E-state index in [1.54, 1.807) is 11.8 Å². The summed E-state index contributed by atoms with van der Waals surface area (Å²) in [6, 6.07) is 10.2. The lowest BCUT2D eigenvalue weighted by atomic mass is 9.86. The highest BCUT2D eigenvalue weighted by Crippen LogP contribution is 2.29. The van der Waals surface area contributed by atoms with Crippen LogP contribution in [0.25, 0.3) is 0 Å². The summed E-state index contributed by atoms with van der Waals surface area (Å²) in [6.07, 6.45) is 3.69. The maximum absolute atomic E-state index is 12.7. The van der Waals surface area contributed by atoms with Crippen LogP contribution in [0.3, 0.4) is 0 Å². The summed E-state index contributed by atoms with van der Waals surface area (Å²) < 4.78 is 0. The van der Waals surface area contributed by atoms with Crippen molar-refractivity contribution in [3.63, 3.8) is 0 Å². The van der Waals surface area contributed by atoms with E-state index in [1.807, 2.05) is 23.1 Å². The zero-order chi connectivity index (χ0) is 15.3. The molecule has 1 amide bonds. The lowest BCUT2D eigenvalue weighted by Crippen LogP contribution is -2.52. The molecule has 1 fully saturated rings. The predicted octanol–water partition coefficient (Wildman–Crippen LogP) is 3.29. The van der Waals surface area contributed by atoms with E-state index in [2.05, 4.69) is 26.0 Å². The first kappa shape index (κ1) is 16.4. The Hall–Kier alpha value is -1.00. The van der Waals surface area contributed by atoms with Crippen LogP contribution in [0.2, 0.25) is 0 Å². The first-order chi connectivity index (χ1) is 10.1. The Balaban J connectivity index is 1.95. The molecule has 1 aromatic carbocycles. The van der Waals surface area contributed by atoms with E-state index in [-0.39, 0.29) is 16.7 Å². The molecule has 1 aromatic rings. The number of carbonyl (C=O) groups excluding carboxylic acids is 1. The molecule has 3 nitrogen and oxygen atoms in total. The van der Waals surface area contributed by atoms with Gasteiger partial charge in [0, 0.05) is 23.5 Å². The Labute approximate surface area is 132 Å². The molecule has 2 N–H and O–H groups in total. The van der Waals surface area contributed by atoms with Gasteiger partial charge in [0.1, 0.15) is 0 Å². The van der Waals surface area contributed by atoms with Crippen molar-refractivity contribution in [2.24, 2.45) is 5.73 Å². The molecule has 21 heavy (non-hydrogen) atoms. The molecule has 0 aliphatic carbocycles. The zero-order valence-electron chi connectivity index (χ0n) is 13.0. The molecular formula is C17H26N2OS. The number of carbonyl (C=O) groups is 1. The van der Waals surface area contributed by atoms with Crippen molar-refractivity contribution in [2.45, 2.75) is 55.2 Å². The van der Waals surface area contributed by atoms with Gasteiger partial charge in [-0.05, 0) is 37.8 Å². The normalized spacial score (nSPS) is 19.3. The van der Waals surface area contributed by atoms with Gasteiger partial charge in [0.2, 0.25) is 5.91 Å². The Morgan fingerprint density at radius 2 is 1.90 bits per heavy atom. The molecular weight excluding hydrogens is 280 g/mol. The topological polar surface area (TPSA) is 46.3 Å². The van der Waals surface area contributed by atoms with Gasteiger partial charge in [-0.1, -0.05) is 32.0 Å². The van der Waals surface area contributed by atoms with Gasteiger partial charge in [-0.2, -0.15) is 0 Å². The third-order valence-corrected chi connectivity index (χ3v) is 5.81. The van der Waals surface area contributed by atoms with Gasteiger partial charge in [-0.25, -0.2) is 0 Å². The minimum atomic E-state index is -0.0644. The highest BCUT2D eigenvalue weighted by atomic mass is 32.2. The van der Waals surface area contributed by atoms with E-state index >= 15 is 0 Å². The minimum Gasteiger partial charge on any atom is -0.342 e. The van der Waals surface area contributed by atoms with Gasteiger partial charge in [0.05, 0.1) is 5.25 Å². The van der Waals surface area contributed by atoms with Gasteiger partial charge in [-0.15, -0.1) is 11.8 Å². The van der Waals surface area contributed by atoms with Crippen LogP contribution in [0.1, 0.15) is 39.5 Å². The number of hydrogen-bond acceptors (Lipinski definition) is 3. The van der Waals surface area contributed by atoms with Crippen LogP contribution in [-0.4, -0.2) is 34.7 Å². The molecule has 0 bridgehead atoms. The molecule has 0 aromatic heterocycles. The monoisotopic (exact) mass is 306 g/mol. The molecule has 0 saturated carbocycles. The number of amides is 1. The summed E-state index contributed by atoms with van der Waals surface area (Å²) in [5.41, 5.74) is 6.25. The zero-order valence-corrected chi connectivity index (χ0v) is 13.9. The number of hydrogen-bond donors (Lipinski definition) is 1. The smallest absolute Gasteiger partial charge is 0.236 e. The second-order valence-corrected chi connectivity index (χ2v) is 7.15. The van der Waals surface area contributed by atoms with E-state index < -0.39 is 0 Å². The third kappa shape index (κ3) is 4.24. The fourth-order valence-electron chi connectivity index (χ4n) is 2.70. The molecule has 1 aliphatic rings. The summed E-state index contributed by atoms with van der Waals surface area (Å²) in [5.74, 6) is 0.268. The number of nitrogens with zero attached hydrogens (tertiary/aromatic N) is 1. The Bertz CT molecular complexity index is 455. The molecule has 4 heteroatoms. The van der Waals surface area contributed by atoms with Crippen LogP contribution < -0.4 is 5.73 Å². The molecule has 1 heterocycles. The Morgan fingerprint density at radius 1 is 1.29 bits per heavy atom. The highest BCUT2D eigenvalue weighted by molar-refractivity contribution is 8.00. The maximum atomic E-state index is 12.7. The summed E-state index contributed by atoms with van der Waals surface area (Å²) in [7, 11) is 0. The van der Waals surface area contributed by atoms with E-state index in [4.69, 9.17) is 5.73 Å². The van der Waals surface area contributed by atoms with Crippen LogP contribution in [0.5, 0.6) is 0 Å². The predicted molar refractivity (Wildman–Crippen MR) is 89.4 cm³/mol. The second-order valence-electron chi connectivity index (χ2n) is 5.87.